The van der Waals surface area contributed by atoms with Crippen molar-refractivity contribution in [3.8, 4) is 0 Å². The number of nitrogen functional groups attached to an aromatic ring is 1. The van der Waals surface area contributed by atoms with Crippen molar-refractivity contribution in [3.05, 3.63) is 35.4 Å². The lowest BCUT2D eigenvalue weighted by Crippen LogP contribution is -2.33. The van der Waals surface area contributed by atoms with Crippen molar-refractivity contribution < 1.29 is 4.79 Å². The molecule has 5 heteroatoms. The monoisotopic (exact) mass is 276 g/mol. The van der Waals surface area contributed by atoms with Gasteiger partial charge < -0.3 is 9.80 Å². The van der Waals surface area contributed by atoms with E-state index < -0.39 is 0 Å². The smallest absolute Gasteiger partial charge is 0.265 e. The highest BCUT2D eigenvalue weighted by Gasteiger charge is 2.14. The van der Waals surface area contributed by atoms with Gasteiger partial charge in [0.2, 0.25) is 0 Å². The Bertz CT molecular complexity index is 443. The molecule has 3 N–H and O–H groups in total. The molecule has 0 spiro atoms. The average Bonchev–Trinajstić information content (AvgIpc) is 2.98. The lowest BCUT2D eigenvalue weighted by Gasteiger charge is -2.22. The second kappa shape index (κ2) is 7.38. The molecule has 0 aromatic heterocycles. The number of nitrogens with two attached hydrogens (primary N) is 1. The maximum atomic E-state index is 11.7. The number of carbonyl (C=O) groups excluding carboxylic acids is 1. The molecule has 1 aliphatic heterocycles. The number of amides is 1. The summed E-state index contributed by atoms with van der Waals surface area (Å²) >= 11 is 0. The van der Waals surface area contributed by atoms with Crippen LogP contribution in [0.3, 0.4) is 0 Å². The van der Waals surface area contributed by atoms with Gasteiger partial charge in [0, 0.05) is 25.2 Å². The number of hydrogen-bond donors (Lipinski definition) is 2. The molecule has 1 aliphatic rings. The maximum absolute atomic E-state index is 11.7. The normalized spacial score (nSPS) is 15.8. The zero-order valence-corrected chi connectivity index (χ0v) is 12.1. The van der Waals surface area contributed by atoms with Crippen LogP contribution in [-0.2, 0) is 6.54 Å². The lowest BCUT2D eigenvalue weighted by atomic mass is 10.1. The molecule has 0 unspecified atom stereocenters. The Hall–Kier alpha value is -1.43. The number of rotatable bonds is 6. The zero-order valence-electron chi connectivity index (χ0n) is 12.1. The van der Waals surface area contributed by atoms with Gasteiger partial charge in [0.05, 0.1) is 0 Å². The number of nitrogens with zero attached hydrogens (tertiary/aromatic N) is 2. The van der Waals surface area contributed by atoms with E-state index in [1.165, 1.54) is 25.9 Å². The Kier molecular flexibility index (Phi) is 5.52. The van der Waals surface area contributed by atoms with Gasteiger partial charge >= 0.3 is 0 Å². The minimum absolute atomic E-state index is 0.228. The summed E-state index contributed by atoms with van der Waals surface area (Å²) in [5.41, 5.74) is 3.87. The minimum atomic E-state index is -0.228. The third-order valence-corrected chi connectivity index (χ3v) is 3.83. The molecule has 0 radical (unpaired) electrons. The van der Waals surface area contributed by atoms with E-state index in [2.05, 4.69) is 22.3 Å². The van der Waals surface area contributed by atoms with Gasteiger partial charge in [0.1, 0.15) is 0 Å². The van der Waals surface area contributed by atoms with Crippen LogP contribution in [0, 0.1) is 0 Å². The van der Waals surface area contributed by atoms with Gasteiger partial charge in [-0.25, -0.2) is 5.84 Å². The fraction of sp³-hybridized carbons (Fsp3) is 0.533. The fourth-order valence-electron chi connectivity index (χ4n) is 2.65. The summed E-state index contributed by atoms with van der Waals surface area (Å²) in [5, 5.41) is 0. The minimum Gasteiger partial charge on any atom is -0.302 e. The first kappa shape index (κ1) is 15.0. The molecule has 0 aliphatic carbocycles. The Morgan fingerprint density at radius 2 is 2.05 bits per heavy atom. The average molecular weight is 276 g/mol. The van der Waals surface area contributed by atoms with Gasteiger partial charge in [-0.2, -0.15) is 0 Å². The van der Waals surface area contributed by atoms with Gasteiger partial charge in [-0.1, -0.05) is 18.2 Å². The van der Waals surface area contributed by atoms with E-state index >= 15 is 0 Å². The number of likely N-dealkylation sites (N-methyl/N-ethyl adjacent to an activating group) is 1. The van der Waals surface area contributed by atoms with Crippen LogP contribution in [0.5, 0.6) is 0 Å². The second-order valence-electron chi connectivity index (χ2n) is 5.42. The Labute approximate surface area is 120 Å². The number of hydrogen-bond acceptors (Lipinski definition) is 4. The van der Waals surface area contributed by atoms with Crippen LogP contribution in [0.1, 0.15) is 28.8 Å². The van der Waals surface area contributed by atoms with E-state index in [-0.39, 0.29) is 5.91 Å². The molecule has 20 heavy (non-hydrogen) atoms. The number of likely N-dealkylation sites (tertiary alicyclic amines) is 1. The highest BCUT2D eigenvalue weighted by molar-refractivity contribution is 5.95. The largest absolute Gasteiger partial charge is 0.302 e. The molecule has 0 atom stereocenters. The standard InChI is InChI=1S/C15H24N4O/c1-18(10-11-19-8-4-5-9-19)12-13-6-2-3-7-14(13)15(20)17-16/h2-3,6-7H,4-5,8-12,16H2,1H3,(H,17,20). The number of carbonyl (C=O) groups is 1. The second-order valence-corrected chi connectivity index (χ2v) is 5.42. The van der Waals surface area contributed by atoms with Gasteiger partial charge in [-0.05, 0) is 44.6 Å². The fourth-order valence-corrected chi connectivity index (χ4v) is 2.65. The van der Waals surface area contributed by atoms with Crippen molar-refractivity contribution >= 4 is 5.91 Å². The van der Waals surface area contributed by atoms with Crippen molar-refractivity contribution in [2.75, 3.05) is 33.2 Å². The first-order valence-electron chi connectivity index (χ1n) is 7.20. The molecule has 0 bridgehead atoms. The third-order valence-electron chi connectivity index (χ3n) is 3.83. The Morgan fingerprint density at radius 3 is 2.75 bits per heavy atom. The van der Waals surface area contributed by atoms with E-state index in [1.807, 2.05) is 24.3 Å². The molecule has 1 heterocycles. The van der Waals surface area contributed by atoms with Gasteiger partial charge in [0.15, 0.2) is 0 Å². The summed E-state index contributed by atoms with van der Waals surface area (Å²) in [6.07, 6.45) is 2.65. The van der Waals surface area contributed by atoms with Crippen LogP contribution >= 0.6 is 0 Å². The summed E-state index contributed by atoms with van der Waals surface area (Å²) in [4.78, 5) is 16.5. The van der Waals surface area contributed by atoms with Gasteiger partial charge in [0.25, 0.3) is 5.91 Å². The van der Waals surface area contributed by atoms with E-state index in [9.17, 15) is 4.79 Å². The molecule has 1 aromatic carbocycles. The summed E-state index contributed by atoms with van der Waals surface area (Å²) < 4.78 is 0. The first-order valence-corrected chi connectivity index (χ1v) is 7.20. The molecule has 1 amide bonds. The van der Waals surface area contributed by atoms with E-state index in [4.69, 9.17) is 5.84 Å². The molecule has 1 saturated heterocycles. The quantitative estimate of drug-likeness (QED) is 0.459. The Balaban J connectivity index is 1.89. The van der Waals surface area contributed by atoms with Gasteiger partial charge in [-0.15, -0.1) is 0 Å². The SMILES string of the molecule is CN(CCN1CCCC1)Cc1ccccc1C(=O)NN. The molecule has 1 aromatic rings. The van der Waals surface area contributed by atoms with Crippen LogP contribution in [0.2, 0.25) is 0 Å². The van der Waals surface area contributed by atoms with Crippen molar-refractivity contribution in [1.29, 1.82) is 0 Å². The Morgan fingerprint density at radius 1 is 1.35 bits per heavy atom. The van der Waals surface area contributed by atoms with Crippen molar-refractivity contribution in [2.24, 2.45) is 5.84 Å². The molecule has 1 fully saturated rings. The summed E-state index contributed by atoms with van der Waals surface area (Å²) in [6.45, 7) is 5.32. The molecule has 110 valence electrons. The number of hydrazine groups is 1. The topological polar surface area (TPSA) is 61.6 Å². The van der Waals surface area contributed by atoms with Crippen LogP contribution in [-0.4, -0.2) is 48.9 Å². The number of benzene rings is 1. The van der Waals surface area contributed by atoms with E-state index in [1.54, 1.807) is 0 Å². The van der Waals surface area contributed by atoms with E-state index in [0.717, 1.165) is 25.2 Å². The zero-order chi connectivity index (χ0) is 14.4. The van der Waals surface area contributed by atoms with Crippen LogP contribution < -0.4 is 11.3 Å². The van der Waals surface area contributed by atoms with Crippen LogP contribution in [0.15, 0.2) is 24.3 Å². The molecule has 0 saturated carbocycles. The molecular formula is C15H24N4O. The first-order chi connectivity index (χ1) is 9.70. The van der Waals surface area contributed by atoms with Crippen molar-refractivity contribution in [1.82, 2.24) is 15.2 Å². The predicted molar refractivity (Wildman–Crippen MR) is 80.1 cm³/mol. The van der Waals surface area contributed by atoms with Crippen LogP contribution in [0.4, 0.5) is 0 Å². The summed E-state index contributed by atoms with van der Waals surface area (Å²) in [7, 11) is 2.09. The van der Waals surface area contributed by atoms with Crippen molar-refractivity contribution in [3.63, 3.8) is 0 Å². The molecular weight excluding hydrogens is 252 g/mol. The maximum Gasteiger partial charge on any atom is 0.265 e. The molecule has 5 nitrogen and oxygen atoms in total. The summed E-state index contributed by atoms with van der Waals surface area (Å²) in [6, 6.07) is 7.61. The van der Waals surface area contributed by atoms with E-state index in [0.29, 0.717) is 5.56 Å². The number of nitrogens with one attached hydrogen (secondary N) is 1. The highest BCUT2D eigenvalue weighted by Crippen LogP contribution is 2.12. The third kappa shape index (κ3) is 4.03. The van der Waals surface area contributed by atoms with Crippen molar-refractivity contribution in [2.45, 2.75) is 19.4 Å². The molecule has 2 rings (SSSR count). The van der Waals surface area contributed by atoms with Gasteiger partial charge in [-0.3, -0.25) is 10.2 Å². The summed E-state index contributed by atoms with van der Waals surface area (Å²) in [5.74, 6) is 5.00. The van der Waals surface area contributed by atoms with Crippen LogP contribution in [0.25, 0.3) is 0 Å². The predicted octanol–water partition coefficient (Wildman–Crippen LogP) is 0.818. The lowest BCUT2D eigenvalue weighted by molar-refractivity contribution is 0.0951. The highest BCUT2D eigenvalue weighted by atomic mass is 16.2.